The summed E-state index contributed by atoms with van der Waals surface area (Å²) in [4.78, 5) is 34.9. The van der Waals surface area contributed by atoms with Crippen LogP contribution in [-0.4, -0.2) is 113 Å². The van der Waals surface area contributed by atoms with E-state index in [0.717, 1.165) is 14.2 Å². The molecule has 254 valence electrons. The highest BCUT2D eigenvalue weighted by Gasteiger charge is 2.54. The van der Waals surface area contributed by atoms with Crippen LogP contribution in [0.3, 0.4) is 0 Å². The molecule has 0 aliphatic carbocycles. The lowest BCUT2D eigenvalue weighted by atomic mass is 10.1. The molecule has 0 radical (unpaired) electrons. The van der Waals surface area contributed by atoms with Gasteiger partial charge in [0, 0.05) is 14.2 Å². The van der Waals surface area contributed by atoms with Gasteiger partial charge in [0.05, 0.1) is 25.9 Å². The summed E-state index contributed by atoms with van der Waals surface area (Å²) in [7, 11) is -6.98. The fourth-order valence-corrected chi connectivity index (χ4v) is 7.77. The Morgan fingerprint density at radius 1 is 0.851 bits per heavy atom. The Balaban J connectivity index is 1.20. The number of nitrogens with zero attached hydrogens (tertiary/aromatic N) is 7. The number of phosphoric acid groups is 2. The van der Waals surface area contributed by atoms with Gasteiger partial charge >= 0.3 is 15.6 Å². The van der Waals surface area contributed by atoms with E-state index in [1.54, 1.807) is 0 Å². The molecular formula is C22H28N10O13P2. The lowest BCUT2D eigenvalue weighted by molar-refractivity contribution is -0.0685. The molecule has 25 heteroatoms. The van der Waals surface area contributed by atoms with Gasteiger partial charge in [-0.1, -0.05) is 0 Å². The number of imidazole rings is 2. The van der Waals surface area contributed by atoms with Gasteiger partial charge in [0.25, 0.3) is 5.56 Å². The van der Waals surface area contributed by atoms with E-state index in [0.29, 0.717) is 0 Å². The third-order valence-electron chi connectivity index (χ3n) is 7.75. The van der Waals surface area contributed by atoms with E-state index in [2.05, 4.69) is 29.9 Å². The summed E-state index contributed by atoms with van der Waals surface area (Å²) < 4.78 is 74.8. The van der Waals surface area contributed by atoms with Crippen molar-refractivity contribution >= 4 is 49.7 Å². The minimum Gasteiger partial charge on any atom is -0.386 e. The molecule has 3 aliphatic rings. The van der Waals surface area contributed by atoms with E-state index < -0.39 is 83.5 Å². The topological polar surface area (TPSA) is 308 Å². The number of ether oxygens (including phenoxy) is 2. The molecule has 0 saturated carbocycles. The van der Waals surface area contributed by atoms with Crippen molar-refractivity contribution in [2.75, 3.05) is 38.9 Å². The monoisotopic (exact) mass is 702 g/mol. The second-order valence-electron chi connectivity index (χ2n) is 10.5. The first kappa shape index (κ1) is 32.1. The van der Waals surface area contributed by atoms with Crippen LogP contribution in [0.4, 0.5) is 11.8 Å². The van der Waals surface area contributed by atoms with Crippen LogP contribution in [0, 0.1) is 0 Å². The summed E-state index contributed by atoms with van der Waals surface area (Å²) in [6.45, 7) is -1.26. The molecule has 7 rings (SSSR count). The van der Waals surface area contributed by atoms with Gasteiger partial charge < -0.3 is 31.2 Å². The molecule has 10 atom stereocenters. The number of nitrogens with two attached hydrogens (primary N) is 2. The molecule has 7 N–H and O–H groups in total. The van der Waals surface area contributed by atoms with Crippen LogP contribution in [0.15, 0.2) is 23.8 Å². The van der Waals surface area contributed by atoms with Gasteiger partial charge in [-0.3, -0.25) is 46.1 Å². The number of hydrogen-bond acceptors (Lipinski definition) is 20. The number of aliphatic hydroxyl groups is 2. The maximum absolute atomic E-state index is 13.7. The van der Waals surface area contributed by atoms with Gasteiger partial charge in [0.2, 0.25) is 5.95 Å². The van der Waals surface area contributed by atoms with Crippen LogP contribution >= 0.6 is 15.6 Å². The highest BCUT2D eigenvalue weighted by Crippen LogP contribution is 2.57. The number of hydrogen-bond donors (Lipinski definition) is 5. The number of aromatic amines is 1. The molecule has 10 unspecified atom stereocenters. The van der Waals surface area contributed by atoms with E-state index >= 15 is 0 Å². The van der Waals surface area contributed by atoms with E-state index in [4.69, 9.17) is 48.1 Å². The predicted molar refractivity (Wildman–Crippen MR) is 153 cm³/mol. The number of anilines is 2. The highest BCUT2D eigenvalue weighted by atomic mass is 31.2. The molecule has 0 bridgehead atoms. The number of nitrogen functional groups attached to an aromatic ring is 2. The number of H-pyrrole nitrogens is 1. The van der Waals surface area contributed by atoms with E-state index in [1.807, 2.05) is 0 Å². The minimum atomic E-state index is -4.54. The zero-order chi connectivity index (χ0) is 33.2. The number of fused-ring (bicyclic) bond motifs is 4. The predicted octanol–water partition coefficient (Wildman–Crippen LogP) is -1.03. The van der Waals surface area contributed by atoms with E-state index in [1.165, 1.54) is 28.1 Å². The fraction of sp³-hybridized carbons (Fsp3) is 0.545. The van der Waals surface area contributed by atoms with Crippen LogP contribution < -0.4 is 17.0 Å². The summed E-state index contributed by atoms with van der Waals surface area (Å²) in [6.07, 6.45) is -7.79. The summed E-state index contributed by atoms with van der Waals surface area (Å²) in [5.41, 5.74) is 11.2. The minimum absolute atomic E-state index is 0.0426. The van der Waals surface area contributed by atoms with Crippen molar-refractivity contribution in [3.05, 3.63) is 29.3 Å². The lowest BCUT2D eigenvalue weighted by Gasteiger charge is -2.29. The number of nitrogens with one attached hydrogen (secondary N) is 1. The van der Waals surface area contributed by atoms with Crippen LogP contribution in [0.25, 0.3) is 22.3 Å². The first-order chi connectivity index (χ1) is 22.4. The average Bonchev–Trinajstić information content (AvgIpc) is 3.80. The van der Waals surface area contributed by atoms with Gasteiger partial charge in [-0.15, -0.1) is 0 Å². The molecule has 3 saturated heterocycles. The Morgan fingerprint density at radius 2 is 1.38 bits per heavy atom. The summed E-state index contributed by atoms with van der Waals surface area (Å²) in [6, 6.07) is 0. The van der Waals surface area contributed by atoms with Gasteiger partial charge in [-0.05, 0) is 0 Å². The quantitative estimate of drug-likeness (QED) is 0.159. The number of rotatable bonds is 4. The Kier molecular flexibility index (Phi) is 8.14. The van der Waals surface area contributed by atoms with Crippen LogP contribution in [0.5, 0.6) is 0 Å². The van der Waals surface area contributed by atoms with Crippen molar-refractivity contribution in [1.82, 2.24) is 39.0 Å². The SMILES string of the molecule is COP1(=O)OCC2OC(n3cnc4c(=O)[nH]c(N)nc43)C(O)C2OP(=O)(OC)OCC2OC(n3cnc4c(N)ncnc43)C(O)C2O1. The maximum atomic E-state index is 13.7. The van der Waals surface area contributed by atoms with E-state index in [9.17, 15) is 24.1 Å². The first-order valence-electron chi connectivity index (χ1n) is 13.7. The summed E-state index contributed by atoms with van der Waals surface area (Å²) in [5, 5.41) is 22.7. The largest absolute Gasteiger partial charge is 0.475 e. The van der Waals surface area contributed by atoms with Crippen molar-refractivity contribution in [3.8, 4) is 0 Å². The zero-order valence-electron chi connectivity index (χ0n) is 24.3. The van der Waals surface area contributed by atoms with Crippen molar-refractivity contribution in [2.45, 2.75) is 49.1 Å². The second kappa shape index (κ2) is 11.9. The van der Waals surface area contributed by atoms with Crippen LogP contribution in [-0.2, 0) is 45.7 Å². The molecule has 7 heterocycles. The Morgan fingerprint density at radius 3 is 1.94 bits per heavy atom. The fourth-order valence-electron chi connectivity index (χ4n) is 5.49. The third-order valence-corrected chi connectivity index (χ3v) is 10.6. The highest BCUT2D eigenvalue weighted by molar-refractivity contribution is 7.48. The molecule has 23 nitrogen and oxygen atoms in total. The molecule has 0 amide bonds. The van der Waals surface area contributed by atoms with Crippen molar-refractivity contribution < 1.29 is 56.0 Å². The lowest BCUT2D eigenvalue weighted by Crippen LogP contribution is -2.39. The molecule has 47 heavy (non-hydrogen) atoms. The van der Waals surface area contributed by atoms with Gasteiger partial charge in [0.15, 0.2) is 35.1 Å². The molecule has 0 aromatic carbocycles. The van der Waals surface area contributed by atoms with Crippen molar-refractivity contribution in [1.29, 1.82) is 0 Å². The van der Waals surface area contributed by atoms with Gasteiger partial charge in [-0.25, -0.2) is 29.1 Å². The van der Waals surface area contributed by atoms with Crippen molar-refractivity contribution in [2.24, 2.45) is 0 Å². The summed E-state index contributed by atoms with van der Waals surface area (Å²) >= 11 is 0. The first-order valence-corrected chi connectivity index (χ1v) is 16.7. The van der Waals surface area contributed by atoms with Crippen molar-refractivity contribution in [3.63, 3.8) is 0 Å². The molecular weight excluding hydrogens is 674 g/mol. The van der Waals surface area contributed by atoms with E-state index in [-0.39, 0.29) is 34.1 Å². The standard InChI is InChI=1S/C22H28N10O13P2/c1-38-46(36)41-4-9-15(13(34)21(43-9)32-7-28-11-18(32)29-22(24)30-19(11)35)45-47(37,39-2)40-3-8-14(44-46)12(33)20(42-8)31-6-27-10-16(23)25-5-26-17(10)31/h5-9,12-15,20-21,33-34H,3-4H2,1-2H3,(H2,23,25,26)(H3,24,29,30,35). The second-order valence-corrected chi connectivity index (χ2v) is 13.9. The Bertz CT molecular complexity index is 1970. The normalized spacial score (nSPS) is 36.6. The van der Waals surface area contributed by atoms with Gasteiger partial charge in [-0.2, -0.15) is 4.98 Å². The molecule has 3 aliphatic heterocycles. The van der Waals surface area contributed by atoms with Gasteiger partial charge in [0.1, 0.15) is 48.5 Å². The third kappa shape index (κ3) is 5.53. The van der Waals surface area contributed by atoms with Crippen LogP contribution in [0.2, 0.25) is 0 Å². The zero-order valence-corrected chi connectivity index (χ0v) is 26.1. The average molecular weight is 702 g/mol. The van der Waals surface area contributed by atoms with Crippen LogP contribution in [0.1, 0.15) is 12.5 Å². The number of aromatic nitrogens is 8. The molecule has 3 fully saturated rings. The molecule has 4 aromatic heterocycles. The Hall–Kier alpha value is -3.44. The maximum Gasteiger partial charge on any atom is 0.475 e. The number of aliphatic hydroxyl groups excluding tert-OH is 2. The smallest absolute Gasteiger partial charge is 0.386 e. The summed E-state index contributed by atoms with van der Waals surface area (Å²) in [5.74, 6) is -0.149. The Labute approximate surface area is 262 Å². The number of phosphoric ester groups is 2. The molecule has 4 aromatic rings. The molecule has 0 spiro atoms.